The van der Waals surface area contributed by atoms with E-state index in [1.54, 1.807) is 31.2 Å². The van der Waals surface area contributed by atoms with E-state index in [2.05, 4.69) is 11.6 Å². The molecule has 1 aromatic heterocycles. The van der Waals surface area contributed by atoms with Crippen molar-refractivity contribution in [2.75, 3.05) is 0 Å². The van der Waals surface area contributed by atoms with Crippen molar-refractivity contribution < 1.29 is 5.11 Å². The van der Waals surface area contributed by atoms with Crippen molar-refractivity contribution in [2.45, 2.75) is 13.5 Å². The van der Waals surface area contributed by atoms with Gasteiger partial charge in [-0.3, -0.25) is 14.4 Å². The molecule has 1 N–H and O–H groups in total. The Morgan fingerprint density at radius 2 is 2.26 bits per heavy atom. The van der Waals surface area contributed by atoms with Crippen LogP contribution in [0.2, 0.25) is 5.02 Å². The molecule has 6 heteroatoms. The van der Waals surface area contributed by atoms with Gasteiger partial charge in [0.1, 0.15) is 11.6 Å². The largest absolute Gasteiger partial charge is 0.494 e. The molecule has 0 aliphatic carbocycles. The molecule has 0 bridgehead atoms. The Kier molecular flexibility index (Phi) is 4.99. The number of aromatic hydroxyl groups is 1. The van der Waals surface area contributed by atoms with Gasteiger partial charge < -0.3 is 5.11 Å². The van der Waals surface area contributed by atoms with Gasteiger partial charge in [-0.15, -0.1) is 6.58 Å². The second kappa shape index (κ2) is 6.95. The lowest BCUT2D eigenvalue weighted by Gasteiger charge is -2.12. The molecular weight excluding hydrogens is 314 g/mol. The molecule has 1 heterocycles. The number of halogens is 1. The van der Waals surface area contributed by atoms with E-state index in [0.29, 0.717) is 21.8 Å². The van der Waals surface area contributed by atoms with Crippen molar-refractivity contribution in [2.24, 2.45) is 4.99 Å². The zero-order valence-corrected chi connectivity index (χ0v) is 13.2. The van der Waals surface area contributed by atoms with Crippen molar-refractivity contribution in [3.05, 3.63) is 69.0 Å². The minimum absolute atomic E-state index is 0.0304. The molecular formula is C17H14ClN3O2. The summed E-state index contributed by atoms with van der Waals surface area (Å²) in [5, 5.41) is 20.1. The topological polar surface area (TPSA) is 78.4 Å². The molecule has 116 valence electrons. The lowest BCUT2D eigenvalue weighted by Crippen LogP contribution is -2.24. The standard InChI is InChI=1S/C17H14ClN3O2/c1-3-7-21-16(22)14(9-19)11(2)15(17(21)23)10-20-13-6-4-5-12(18)8-13/h3-6,8,10,23H,1,7H2,2H3. The molecule has 5 nitrogen and oxygen atoms in total. The molecule has 0 amide bonds. The van der Waals surface area contributed by atoms with E-state index in [0.717, 1.165) is 4.57 Å². The maximum atomic E-state index is 12.2. The van der Waals surface area contributed by atoms with Gasteiger partial charge in [0.15, 0.2) is 0 Å². The summed E-state index contributed by atoms with van der Waals surface area (Å²) >= 11 is 5.90. The smallest absolute Gasteiger partial charge is 0.271 e. The zero-order chi connectivity index (χ0) is 17.0. The van der Waals surface area contributed by atoms with Gasteiger partial charge in [-0.2, -0.15) is 5.26 Å². The monoisotopic (exact) mass is 327 g/mol. The van der Waals surface area contributed by atoms with Crippen LogP contribution < -0.4 is 5.56 Å². The molecule has 23 heavy (non-hydrogen) atoms. The van der Waals surface area contributed by atoms with Gasteiger partial charge in [-0.05, 0) is 30.7 Å². The van der Waals surface area contributed by atoms with Crippen molar-refractivity contribution in [1.29, 1.82) is 5.26 Å². The van der Waals surface area contributed by atoms with Crippen LogP contribution in [0.5, 0.6) is 5.88 Å². The van der Waals surface area contributed by atoms with Crippen molar-refractivity contribution in [3.63, 3.8) is 0 Å². The fourth-order valence-corrected chi connectivity index (χ4v) is 2.30. The third-order valence-electron chi connectivity index (χ3n) is 3.31. The van der Waals surface area contributed by atoms with E-state index in [4.69, 9.17) is 11.6 Å². The summed E-state index contributed by atoms with van der Waals surface area (Å²) in [5.41, 5.74) is 0.694. The molecule has 1 aromatic carbocycles. The van der Waals surface area contributed by atoms with Gasteiger partial charge >= 0.3 is 0 Å². The van der Waals surface area contributed by atoms with Crippen LogP contribution in [0.15, 0.2) is 46.7 Å². The fraction of sp³-hybridized carbons (Fsp3) is 0.118. The number of hydrogen-bond donors (Lipinski definition) is 1. The molecule has 2 aromatic rings. The number of nitrogens with zero attached hydrogens (tertiary/aromatic N) is 3. The van der Waals surface area contributed by atoms with Gasteiger partial charge in [0.25, 0.3) is 5.56 Å². The molecule has 0 radical (unpaired) electrons. The second-order valence-electron chi connectivity index (χ2n) is 4.79. The number of benzene rings is 1. The Morgan fingerprint density at radius 1 is 1.52 bits per heavy atom. The summed E-state index contributed by atoms with van der Waals surface area (Å²) in [4.78, 5) is 16.4. The summed E-state index contributed by atoms with van der Waals surface area (Å²) in [6.07, 6.45) is 2.88. The third kappa shape index (κ3) is 3.33. The van der Waals surface area contributed by atoms with E-state index >= 15 is 0 Å². The van der Waals surface area contributed by atoms with Crippen molar-refractivity contribution >= 4 is 23.5 Å². The normalized spacial score (nSPS) is 10.7. The van der Waals surface area contributed by atoms with Crippen LogP contribution in [0.25, 0.3) is 0 Å². The average molecular weight is 328 g/mol. The first kappa shape index (κ1) is 16.5. The Hall–Kier alpha value is -2.84. The van der Waals surface area contributed by atoms with Gasteiger partial charge in [0.05, 0.1) is 11.3 Å². The molecule has 0 saturated carbocycles. The molecule has 0 spiro atoms. The van der Waals surface area contributed by atoms with E-state index in [9.17, 15) is 15.2 Å². The molecule has 0 atom stereocenters. The Labute approximate surface area is 138 Å². The lowest BCUT2D eigenvalue weighted by molar-refractivity contribution is 0.414. The van der Waals surface area contributed by atoms with Crippen LogP contribution in [0.3, 0.4) is 0 Å². The number of aromatic nitrogens is 1. The second-order valence-corrected chi connectivity index (χ2v) is 5.23. The molecule has 0 saturated heterocycles. The highest BCUT2D eigenvalue weighted by atomic mass is 35.5. The maximum Gasteiger partial charge on any atom is 0.271 e. The van der Waals surface area contributed by atoms with Gasteiger partial charge in [0.2, 0.25) is 5.88 Å². The minimum Gasteiger partial charge on any atom is -0.494 e. The predicted molar refractivity (Wildman–Crippen MR) is 90.7 cm³/mol. The third-order valence-corrected chi connectivity index (χ3v) is 3.54. The van der Waals surface area contributed by atoms with Gasteiger partial charge in [-0.1, -0.05) is 23.7 Å². The highest BCUT2D eigenvalue weighted by Gasteiger charge is 2.17. The Morgan fingerprint density at radius 3 is 2.87 bits per heavy atom. The lowest BCUT2D eigenvalue weighted by atomic mass is 10.1. The van der Waals surface area contributed by atoms with Crippen LogP contribution in [0.1, 0.15) is 16.7 Å². The van der Waals surface area contributed by atoms with Crippen LogP contribution in [0.4, 0.5) is 5.69 Å². The average Bonchev–Trinajstić information content (AvgIpc) is 2.52. The van der Waals surface area contributed by atoms with Gasteiger partial charge in [-0.25, -0.2) is 0 Å². The zero-order valence-electron chi connectivity index (χ0n) is 12.5. The fourth-order valence-electron chi connectivity index (χ4n) is 2.12. The first-order chi connectivity index (χ1) is 11.0. The summed E-state index contributed by atoms with van der Waals surface area (Å²) in [6, 6.07) is 8.76. The highest BCUT2D eigenvalue weighted by Crippen LogP contribution is 2.22. The Bertz CT molecular complexity index is 892. The number of hydrogen-bond acceptors (Lipinski definition) is 4. The summed E-state index contributed by atoms with van der Waals surface area (Å²) in [5.74, 6) is -0.253. The maximum absolute atomic E-state index is 12.2. The SMILES string of the molecule is C=CCn1c(O)c(C=Nc2cccc(Cl)c2)c(C)c(C#N)c1=O. The number of aliphatic imine (C=N–C) groups is 1. The minimum atomic E-state index is -0.553. The molecule has 0 unspecified atom stereocenters. The first-order valence-electron chi connectivity index (χ1n) is 6.76. The van der Waals surface area contributed by atoms with E-state index in [-0.39, 0.29) is 18.0 Å². The number of nitriles is 1. The number of allylic oxidation sites excluding steroid dienone is 1. The van der Waals surface area contributed by atoms with Crippen molar-refractivity contribution in [3.8, 4) is 11.9 Å². The van der Waals surface area contributed by atoms with E-state index < -0.39 is 5.56 Å². The van der Waals surface area contributed by atoms with Crippen LogP contribution in [-0.4, -0.2) is 15.9 Å². The van der Waals surface area contributed by atoms with E-state index in [1.165, 1.54) is 12.3 Å². The van der Waals surface area contributed by atoms with Crippen LogP contribution in [-0.2, 0) is 6.54 Å². The molecule has 0 aliphatic rings. The number of pyridine rings is 1. The summed E-state index contributed by atoms with van der Waals surface area (Å²) in [6.45, 7) is 5.24. The van der Waals surface area contributed by atoms with E-state index in [1.807, 2.05) is 6.07 Å². The number of rotatable bonds is 4. The summed E-state index contributed by atoms with van der Waals surface area (Å²) < 4.78 is 1.08. The first-order valence-corrected chi connectivity index (χ1v) is 7.14. The van der Waals surface area contributed by atoms with Crippen molar-refractivity contribution in [1.82, 2.24) is 4.57 Å². The molecule has 2 rings (SSSR count). The molecule has 0 fully saturated rings. The Balaban J connectivity index is 2.62. The van der Waals surface area contributed by atoms with Crippen LogP contribution >= 0.6 is 11.6 Å². The quantitative estimate of drug-likeness (QED) is 0.691. The highest BCUT2D eigenvalue weighted by molar-refractivity contribution is 6.30. The summed E-state index contributed by atoms with van der Waals surface area (Å²) in [7, 11) is 0. The molecule has 0 aliphatic heterocycles. The van der Waals surface area contributed by atoms with Gasteiger partial charge in [0, 0.05) is 17.8 Å². The van der Waals surface area contributed by atoms with Crippen LogP contribution in [0, 0.1) is 18.3 Å². The predicted octanol–water partition coefficient (Wildman–Crippen LogP) is 3.32.